The summed E-state index contributed by atoms with van der Waals surface area (Å²) in [7, 11) is 0. The lowest BCUT2D eigenvalue weighted by Crippen LogP contribution is -2.38. The van der Waals surface area contributed by atoms with Crippen molar-refractivity contribution in [1.82, 2.24) is 5.43 Å². The third kappa shape index (κ3) is 8.22. The van der Waals surface area contributed by atoms with E-state index >= 15 is 0 Å². The summed E-state index contributed by atoms with van der Waals surface area (Å²) in [6.45, 7) is 7.98. The second-order valence-corrected chi connectivity index (χ2v) is 3.85. The fraction of sp³-hybridized carbons (Fsp3) is 1.00. The van der Waals surface area contributed by atoms with Gasteiger partial charge in [-0.3, -0.25) is 11.3 Å². The highest BCUT2D eigenvalue weighted by Gasteiger charge is 2.06. The average Bonchev–Trinajstić information content (AvgIpc) is 2.10. The van der Waals surface area contributed by atoms with Crippen molar-refractivity contribution in [3.8, 4) is 0 Å². The van der Waals surface area contributed by atoms with E-state index in [1.165, 1.54) is 12.8 Å². The standard InChI is InChI=1S/C10H24N2O/c1-4-13-8-10(12-11)7-5-6-9(2)3/h9-10,12H,4-8,11H2,1-3H3. The number of hydrogen-bond donors (Lipinski definition) is 2. The molecule has 3 nitrogen and oxygen atoms in total. The molecule has 0 spiro atoms. The van der Waals surface area contributed by atoms with E-state index in [0.717, 1.165) is 25.6 Å². The van der Waals surface area contributed by atoms with Crippen molar-refractivity contribution in [2.24, 2.45) is 11.8 Å². The van der Waals surface area contributed by atoms with Crippen molar-refractivity contribution in [3.05, 3.63) is 0 Å². The van der Waals surface area contributed by atoms with Crippen LogP contribution in [0.4, 0.5) is 0 Å². The van der Waals surface area contributed by atoms with Crippen LogP contribution in [0, 0.1) is 5.92 Å². The Morgan fingerprint density at radius 2 is 2.00 bits per heavy atom. The van der Waals surface area contributed by atoms with E-state index in [4.69, 9.17) is 10.6 Å². The van der Waals surface area contributed by atoms with Gasteiger partial charge in [-0.2, -0.15) is 0 Å². The first kappa shape index (κ1) is 12.9. The largest absolute Gasteiger partial charge is 0.380 e. The number of hydrazine groups is 1. The summed E-state index contributed by atoms with van der Waals surface area (Å²) >= 11 is 0. The van der Waals surface area contributed by atoms with E-state index in [2.05, 4.69) is 19.3 Å². The van der Waals surface area contributed by atoms with Gasteiger partial charge in [-0.25, -0.2) is 0 Å². The fourth-order valence-electron chi connectivity index (χ4n) is 1.25. The van der Waals surface area contributed by atoms with Crippen molar-refractivity contribution in [3.63, 3.8) is 0 Å². The summed E-state index contributed by atoms with van der Waals surface area (Å²) in [6.07, 6.45) is 3.60. The summed E-state index contributed by atoms with van der Waals surface area (Å²) in [6, 6.07) is 0.318. The van der Waals surface area contributed by atoms with E-state index in [0.29, 0.717) is 6.04 Å². The van der Waals surface area contributed by atoms with Gasteiger partial charge < -0.3 is 4.74 Å². The van der Waals surface area contributed by atoms with E-state index < -0.39 is 0 Å². The van der Waals surface area contributed by atoms with Gasteiger partial charge in [-0.1, -0.05) is 26.7 Å². The third-order valence-corrected chi connectivity index (χ3v) is 2.09. The highest BCUT2D eigenvalue weighted by molar-refractivity contribution is 4.62. The molecule has 0 saturated carbocycles. The molecule has 0 heterocycles. The Morgan fingerprint density at radius 3 is 2.46 bits per heavy atom. The van der Waals surface area contributed by atoms with E-state index in [1.807, 2.05) is 6.92 Å². The molecule has 1 atom stereocenters. The van der Waals surface area contributed by atoms with Crippen LogP contribution < -0.4 is 11.3 Å². The zero-order valence-corrected chi connectivity index (χ0v) is 9.18. The summed E-state index contributed by atoms with van der Waals surface area (Å²) in [5.41, 5.74) is 2.79. The molecule has 0 amide bonds. The molecule has 0 aliphatic carbocycles. The molecule has 80 valence electrons. The van der Waals surface area contributed by atoms with Crippen LogP contribution in [0.5, 0.6) is 0 Å². The predicted octanol–water partition coefficient (Wildman–Crippen LogP) is 1.68. The lowest BCUT2D eigenvalue weighted by atomic mass is 10.0. The number of rotatable bonds is 8. The minimum absolute atomic E-state index is 0.318. The lowest BCUT2D eigenvalue weighted by Gasteiger charge is -2.15. The molecule has 0 aromatic carbocycles. The van der Waals surface area contributed by atoms with Crippen LogP contribution in [-0.4, -0.2) is 19.3 Å². The topological polar surface area (TPSA) is 47.3 Å². The maximum atomic E-state index is 5.40. The molecule has 13 heavy (non-hydrogen) atoms. The zero-order chi connectivity index (χ0) is 10.1. The van der Waals surface area contributed by atoms with Gasteiger partial charge >= 0.3 is 0 Å². The summed E-state index contributed by atoms with van der Waals surface area (Å²) in [5.74, 6) is 6.18. The summed E-state index contributed by atoms with van der Waals surface area (Å²) in [5, 5.41) is 0. The molecule has 0 aromatic rings. The number of nitrogens with one attached hydrogen (secondary N) is 1. The van der Waals surface area contributed by atoms with Crippen molar-refractivity contribution in [1.29, 1.82) is 0 Å². The maximum absolute atomic E-state index is 5.40. The molecule has 3 heteroatoms. The maximum Gasteiger partial charge on any atom is 0.0632 e. The Balaban J connectivity index is 3.36. The molecule has 1 unspecified atom stereocenters. The summed E-state index contributed by atoms with van der Waals surface area (Å²) in [4.78, 5) is 0. The predicted molar refractivity (Wildman–Crippen MR) is 56.3 cm³/mol. The molecule has 0 saturated heterocycles. The van der Waals surface area contributed by atoms with Gasteiger partial charge in [0, 0.05) is 12.6 Å². The van der Waals surface area contributed by atoms with E-state index in [1.54, 1.807) is 0 Å². The van der Waals surface area contributed by atoms with Crippen molar-refractivity contribution in [2.75, 3.05) is 13.2 Å². The van der Waals surface area contributed by atoms with Gasteiger partial charge in [-0.15, -0.1) is 0 Å². The molecule has 0 fully saturated rings. The third-order valence-electron chi connectivity index (χ3n) is 2.09. The Labute approximate surface area is 82.0 Å². The monoisotopic (exact) mass is 188 g/mol. The van der Waals surface area contributed by atoms with Gasteiger partial charge in [0.15, 0.2) is 0 Å². The van der Waals surface area contributed by atoms with E-state index in [9.17, 15) is 0 Å². The van der Waals surface area contributed by atoms with Crippen molar-refractivity contribution >= 4 is 0 Å². The minimum atomic E-state index is 0.318. The van der Waals surface area contributed by atoms with Crippen LogP contribution in [0.1, 0.15) is 40.0 Å². The highest BCUT2D eigenvalue weighted by Crippen LogP contribution is 2.08. The van der Waals surface area contributed by atoms with Crippen LogP contribution in [0.3, 0.4) is 0 Å². The van der Waals surface area contributed by atoms with Crippen LogP contribution in [0.15, 0.2) is 0 Å². The number of nitrogens with two attached hydrogens (primary N) is 1. The Hall–Kier alpha value is -0.120. The van der Waals surface area contributed by atoms with E-state index in [-0.39, 0.29) is 0 Å². The lowest BCUT2D eigenvalue weighted by molar-refractivity contribution is 0.119. The number of hydrogen-bond acceptors (Lipinski definition) is 3. The SMILES string of the molecule is CCOCC(CCCC(C)C)NN. The van der Waals surface area contributed by atoms with Gasteiger partial charge in [0.25, 0.3) is 0 Å². The highest BCUT2D eigenvalue weighted by atomic mass is 16.5. The van der Waals surface area contributed by atoms with Crippen LogP contribution >= 0.6 is 0 Å². The van der Waals surface area contributed by atoms with Gasteiger partial charge in [0.05, 0.1) is 6.61 Å². The fourth-order valence-corrected chi connectivity index (χ4v) is 1.25. The molecule has 0 aromatic heterocycles. The molecule has 0 aliphatic rings. The first-order chi connectivity index (χ1) is 6.20. The molecular weight excluding hydrogens is 164 g/mol. The molecular formula is C10H24N2O. The second kappa shape index (κ2) is 8.48. The Bertz CT molecular complexity index is 107. The summed E-state index contributed by atoms with van der Waals surface area (Å²) < 4.78 is 5.30. The van der Waals surface area contributed by atoms with Gasteiger partial charge in [-0.05, 0) is 19.3 Å². The van der Waals surface area contributed by atoms with Gasteiger partial charge in [0.1, 0.15) is 0 Å². The molecule has 0 bridgehead atoms. The minimum Gasteiger partial charge on any atom is -0.380 e. The van der Waals surface area contributed by atoms with Crippen LogP contribution in [0.25, 0.3) is 0 Å². The second-order valence-electron chi connectivity index (χ2n) is 3.85. The quantitative estimate of drug-likeness (QED) is 0.450. The Morgan fingerprint density at radius 1 is 1.31 bits per heavy atom. The average molecular weight is 188 g/mol. The molecule has 3 N–H and O–H groups in total. The first-order valence-electron chi connectivity index (χ1n) is 5.24. The first-order valence-corrected chi connectivity index (χ1v) is 5.24. The van der Waals surface area contributed by atoms with Crippen molar-refractivity contribution < 1.29 is 4.74 Å². The smallest absolute Gasteiger partial charge is 0.0632 e. The van der Waals surface area contributed by atoms with Gasteiger partial charge in [0.2, 0.25) is 0 Å². The molecule has 0 rings (SSSR count). The van der Waals surface area contributed by atoms with Crippen molar-refractivity contribution in [2.45, 2.75) is 46.1 Å². The van der Waals surface area contributed by atoms with Crippen LogP contribution in [-0.2, 0) is 4.74 Å². The normalized spacial score (nSPS) is 13.6. The zero-order valence-electron chi connectivity index (χ0n) is 9.18. The van der Waals surface area contributed by atoms with Crippen LogP contribution in [0.2, 0.25) is 0 Å². The molecule has 0 radical (unpaired) electrons. The molecule has 0 aliphatic heterocycles. The number of ether oxygens (including phenoxy) is 1. The Kier molecular flexibility index (Phi) is 8.40.